The number of ether oxygens (including phenoxy) is 2. The highest BCUT2D eigenvalue weighted by molar-refractivity contribution is 5.72. The highest BCUT2D eigenvalue weighted by Gasteiger charge is 2.59. The summed E-state index contributed by atoms with van der Waals surface area (Å²) in [6.45, 7) is 4.36. The molecule has 10 unspecified atom stereocenters. The van der Waals surface area contributed by atoms with Crippen LogP contribution >= 0.6 is 0 Å². The van der Waals surface area contributed by atoms with Crippen LogP contribution in [0.2, 0.25) is 0 Å². The first kappa shape index (κ1) is 50.0. The number of methoxy groups -OCH3 is 2. The van der Waals surface area contributed by atoms with E-state index in [1.165, 1.54) is 72.6 Å². The molecule has 0 spiro atoms. The minimum atomic E-state index is -0.823. The average molecular weight is 1030 g/mol. The van der Waals surface area contributed by atoms with E-state index in [0.29, 0.717) is 41.5 Å². The molecule has 6 N–H and O–H groups in total. The smallest absolute Gasteiger partial charge is 0.407 e. The summed E-state index contributed by atoms with van der Waals surface area (Å²) in [6, 6.07) is 15.9. The van der Waals surface area contributed by atoms with Crippen molar-refractivity contribution in [1.29, 1.82) is 0 Å². The Kier molecular flexibility index (Phi) is 13.4. The van der Waals surface area contributed by atoms with Gasteiger partial charge in [-0.3, -0.25) is 9.80 Å². The van der Waals surface area contributed by atoms with Crippen LogP contribution in [0.4, 0.5) is 9.59 Å². The quantitative estimate of drug-likeness (QED) is 0.0994. The molecule has 4 saturated heterocycles. The van der Waals surface area contributed by atoms with Gasteiger partial charge in [-0.15, -0.1) is 0 Å². The second-order valence-electron chi connectivity index (χ2n) is 24.5. The number of aryl methyl sites for hydroxylation is 2. The van der Waals surface area contributed by atoms with Crippen LogP contribution in [-0.4, -0.2) is 103 Å². The number of aromatic amines is 2. The summed E-state index contributed by atoms with van der Waals surface area (Å²) in [7, 11) is 2.76. The van der Waals surface area contributed by atoms with Crippen molar-refractivity contribution in [3.63, 3.8) is 0 Å². The van der Waals surface area contributed by atoms with E-state index in [-0.39, 0.29) is 30.0 Å². The molecule has 16 rings (SSSR count). The first-order valence-corrected chi connectivity index (χ1v) is 29.0. The zero-order valence-electron chi connectivity index (χ0n) is 44.8. The number of piperidine rings is 2. The molecule has 4 aromatic rings. The zero-order chi connectivity index (χ0) is 51.9. The summed E-state index contributed by atoms with van der Waals surface area (Å²) in [4.78, 5) is 46.9. The molecule has 4 bridgehead atoms. The van der Waals surface area contributed by atoms with Crippen molar-refractivity contribution in [3.05, 3.63) is 118 Å². The summed E-state index contributed by atoms with van der Waals surface area (Å²) in [6.07, 6.45) is 26.1. The molecule has 2 aromatic carbocycles. The number of H-pyrrole nitrogens is 2. The molecule has 6 heterocycles. The minimum Gasteiger partial charge on any atom is -0.453 e. The number of hydrogen-bond acceptors (Lipinski definition) is 10. The van der Waals surface area contributed by atoms with Gasteiger partial charge in [0, 0.05) is 29.9 Å². The molecular weight excluding hydrogens is 953 g/mol. The first-order valence-electron chi connectivity index (χ1n) is 29.0. The Morgan fingerprint density at radius 2 is 1.34 bits per heavy atom. The number of carbonyl (C=O) groups is 2. The number of nitrogens with zero attached hydrogens (tertiary/aromatic N) is 4. The molecular formula is C62H78N8O6. The van der Waals surface area contributed by atoms with Crippen molar-refractivity contribution in [2.45, 2.75) is 171 Å². The van der Waals surface area contributed by atoms with Gasteiger partial charge < -0.3 is 40.3 Å². The number of imidazole rings is 2. The number of amides is 2. The number of alkyl carbamates (subject to hydrolysis) is 2. The Morgan fingerprint density at radius 3 is 1.97 bits per heavy atom. The SMILES string of the molecule is COC(=O)N[C@H]1C(C)C2CCCC3C[C@@H](c4ncc(-c5ccc(-c6cc7ccc6CC[C@@H]6C=CC(=C(C8=CCC(c9cnc([C@@H]%10CC%11CCCC%12C(C)[C@H](NC(=O)OC)C(O)N%10[C@H]%11%12)[nH]9)CC8)C6)CC7)cc5)[nH]4)N(C32)C1O. The molecule has 76 heavy (non-hydrogen) atoms. The van der Waals surface area contributed by atoms with Gasteiger partial charge in [-0.25, -0.2) is 19.6 Å². The second-order valence-corrected chi connectivity index (χ2v) is 24.5. The topological polar surface area (TPSA) is 181 Å². The summed E-state index contributed by atoms with van der Waals surface area (Å²) >= 11 is 0. The van der Waals surface area contributed by atoms with E-state index >= 15 is 0 Å². The van der Waals surface area contributed by atoms with Crippen molar-refractivity contribution in [2.75, 3.05) is 14.2 Å². The van der Waals surface area contributed by atoms with Crippen LogP contribution in [0.1, 0.15) is 150 Å². The highest BCUT2D eigenvalue weighted by atomic mass is 16.5. The Labute approximate surface area is 447 Å². The fraction of sp³-hybridized carbons (Fsp3) is 0.581. The Balaban J connectivity index is 0.683. The second kappa shape index (κ2) is 20.4. The highest BCUT2D eigenvalue weighted by Crippen LogP contribution is 2.56. The van der Waals surface area contributed by atoms with Crippen LogP contribution in [0.25, 0.3) is 22.4 Å². The standard InChI is InChI=1S/C62H78N8O6/c1-33-45-9-5-7-43-29-51(69(55(43)45)59(71)53(33)67-61(73)75-3)57-63-31-49(65-57)41-23-19-39(20-24-41)47-27-35-11-15-37(47)17-13-36-12-16-38(18-14-35)48(28-36)40-21-25-42(26-22-40)50-32-64-58(66-50)52-30-44-8-6-10-46-34(2)54(68-62(74)76-4)60(72)70(52)56(44)46/h11-12,15-16,19-21,23-24,27,31-34,36,42-46,51-56,59-60,71-72H,5-10,13-14,17-18,22,25-26,28-30H2,1-4H3,(H,63,65)(H,64,66)(H,67,73)(H,68,74)/t33?,34?,36-,42?,43?,44?,45?,46?,51-,52-,53-,54-,55?,56+,59?,60?/m0/s1. The van der Waals surface area contributed by atoms with Gasteiger partial charge in [0.15, 0.2) is 0 Å². The van der Waals surface area contributed by atoms with E-state index in [1.807, 2.05) is 6.20 Å². The summed E-state index contributed by atoms with van der Waals surface area (Å²) in [5.74, 6) is 4.82. The molecule has 0 radical (unpaired) electrons. The monoisotopic (exact) mass is 1030 g/mol. The van der Waals surface area contributed by atoms with Gasteiger partial charge in [-0.2, -0.15) is 0 Å². The van der Waals surface area contributed by atoms with E-state index in [1.54, 1.807) is 5.57 Å². The van der Waals surface area contributed by atoms with Crippen LogP contribution in [0, 0.1) is 41.4 Å². The number of carbonyl (C=O) groups excluding carboxylic acids is 2. The van der Waals surface area contributed by atoms with E-state index in [0.717, 1.165) is 106 Å². The number of aromatic nitrogens is 4. The van der Waals surface area contributed by atoms with Gasteiger partial charge in [0.1, 0.15) is 24.1 Å². The Bertz CT molecular complexity index is 2920. The van der Waals surface area contributed by atoms with Crippen LogP contribution in [-0.2, 0) is 22.3 Å². The number of benzene rings is 2. The molecule has 14 heteroatoms. The number of nitrogens with one attached hydrogen (secondary N) is 4. The molecule has 4 aliphatic heterocycles. The number of aliphatic hydroxyl groups excluding tert-OH is 2. The fourth-order valence-corrected chi connectivity index (χ4v) is 17.0. The van der Waals surface area contributed by atoms with Crippen LogP contribution < -0.4 is 10.6 Å². The van der Waals surface area contributed by atoms with Crippen molar-refractivity contribution in [3.8, 4) is 22.4 Å². The predicted molar refractivity (Wildman–Crippen MR) is 290 cm³/mol. The summed E-state index contributed by atoms with van der Waals surface area (Å²) in [5, 5.41) is 29.7. The van der Waals surface area contributed by atoms with Gasteiger partial charge in [-0.05, 0) is 176 Å². The molecule has 2 saturated carbocycles. The van der Waals surface area contributed by atoms with Crippen LogP contribution in [0.15, 0.2) is 89.8 Å². The van der Waals surface area contributed by atoms with Gasteiger partial charge in [0.05, 0.1) is 50.3 Å². The first-order chi connectivity index (χ1) is 37.0. The van der Waals surface area contributed by atoms with Gasteiger partial charge >= 0.3 is 12.2 Å². The molecule has 6 fully saturated rings. The third-order valence-electron chi connectivity index (χ3n) is 20.9. The maximum atomic E-state index is 12.4. The molecule has 16 atom stereocenters. The van der Waals surface area contributed by atoms with E-state index < -0.39 is 36.7 Å². The minimum absolute atomic E-state index is 0.00818. The number of allylic oxidation sites excluding steroid dienone is 6. The van der Waals surface area contributed by atoms with E-state index in [2.05, 4.69) is 111 Å². The molecule has 12 aliphatic rings. The van der Waals surface area contributed by atoms with Crippen molar-refractivity contribution < 1.29 is 29.3 Å². The normalized spacial score (nSPS) is 35.9. The summed E-state index contributed by atoms with van der Waals surface area (Å²) < 4.78 is 9.96. The van der Waals surface area contributed by atoms with Crippen molar-refractivity contribution in [1.82, 2.24) is 40.4 Å². The van der Waals surface area contributed by atoms with Crippen molar-refractivity contribution >= 4 is 12.2 Å². The number of rotatable bonds is 8. The number of hydrogen-bond donors (Lipinski definition) is 6. The van der Waals surface area contributed by atoms with Crippen LogP contribution in [0.3, 0.4) is 0 Å². The molecule has 8 aliphatic carbocycles. The fourth-order valence-electron chi connectivity index (χ4n) is 17.0. The van der Waals surface area contributed by atoms with E-state index in [4.69, 9.17) is 19.4 Å². The lowest BCUT2D eigenvalue weighted by Crippen LogP contribution is -2.65. The van der Waals surface area contributed by atoms with Gasteiger partial charge in [0.2, 0.25) is 0 Å². The van der Waals surface area contributed by atoms with Crippen molar-refractivity contribution in [2.24, 2.45) is 41.4 Å². The lowest BCUT2D eigenvalue weighted by molar-refractivity contribution is -0.134. The Hall–Kier alpha value is -5.54. The predicted octanol–water partition coefficient (Wildman–Crippen LogP) is 10.6. The van der Waals surface area contributed by atoms with Gasteiger partial charge in [0.25, 0.3) is 0 Å². The van der Waals surface area contributed by atoms with E-state index in [9.17, 15) is 19.8 Å². The molecule has 2 amide bonds. The Morgan fingerprint density at radius 1 is 0.711 bits per heavy atom. The maximum Gasteiger partial charge on any atom is 0.407 e. The largest absolute Gasteiger partial charge is 0.453 e. The maximum absolute atomic E-state index is 12.4. The lowest BCUT2D eigenvalue weighted by atomic mass is 9.67. The molecule has 2 aromatic heterocycles. The zero-order valence-corrected chi connectivity index (χ0v) is 44.8. The van der Waals surface area contributed by atoms with Gasteiger partial charge in [-0.1, -0.05) is 87.4 Å². The average Bonchev–Trinajstić information content (AvgIpc) is 4.36. The lowest BCUT2D eigenvalue weighted by Gasteiger charge is -2.52. The molecule has 402 valence electrons. The summed E-state index contributed by atoms with van der Waals surface area (Å²) in [5.41, 5.74) is 13.2. The molecule has 14 nitrogen and oxygen atoms in total. The third-order valence-corrected chi connectivity index (χ3v) is 20.9. The third kappa shape index (κ3) is 8.77. The van der Waals surface area contributed by atoms with Crippen LogP contribution in [0.5, 0.6) is 0 Å². The number of aliphatic hydroxyl groups is 2.